The van der Waals surface area contributed by atoms with Crippen LogP contribution >= 0.6 is 11.6 Å². The first-order valence-electron chi connectivity index (χ1n) is 7.49. The van der Waals surface area contributed by atoms with Gasteiger partial charge in [-0.2, -0.15) is 0 Å². The lowest BCUT2D eigenvalue weighted by Gasteiger charge is -2.45. The minimum atomic E-state index is 0.641. The van der Waals surface area contributed by atoms with E-state index in [0.29, 0.717) is 5.41 Å². The van der Waals surface area contributed by atoms with E-state index in [-0.39, 0.29) is 0 Å². The first kappa shape index (κ1) is 13.1. The van der Waals surface area contributed by atoms with Gasteiger partial charge in [-0.05, 0) is 49.3 Å². The quantitative estimate of drug-likeness (QED) is 0.768. The molecule has 2 nitrogen and oxygen atoms in total. The van der Waals surface area contributed by atoms with Crippen LogP contribution in [0.3, 0.4) is 0 Å². The molecule has 1 saturated carbocycles. The van der Waals surface area contributed by atoms with Gasteiger partial charge in [-0.15, -0.1) is 0 Å². The lowest BCUT2D eigenvalue weighted by atomic mass is 9.68. The van der Waals surface area contributed by atoms with E-state index in [0.717, 1.165) is 29.5 Å². The summed E-state index contributed by atoms with van der Waals surface area (Å²) in [5.74, 6) is 0. The maximum Gasteiger partial charge on any atom is 0.0614 e. The molecule has 0 radical (unpaired) electrons. The molecular weight excluding hydrogens is 256 g/mol. The van der Waals surface area contributed by atoms with E-state index >= 15 is 0 Å². The second-order valence-corrected chi connectivity index (χ2v) is 6.69. The van der Waals surface area contributed by atoms with E-state index in [4.69, 9.17) is 17.3 Å². The molecule has 0 amide bonds. The predicted molar refractivity (Wildman–Crippen MR) is 82.8 cm³/mol. The molecule has 0 aromatic heterocycles. The summed E-state index contributed by atoms with van der Waals surface area (Å²) in [5.41, 5.74) is 8.71. The predicted octanol–water partition coefficient (Wildman–Crippen LogP) is 4.47. The van der Waals surface area contributed by atoms with Crippen LogP contribution in [0.15, 0.2) is 18.2 Å². The number of nitrogens with two attached hydrogens (primary N) is 1. The zero-order chi connectivity index (χ0) is 13.3. The van der Waals surface area contributed by atoms with Crippen molar-refractivity contribution in [2.45, 2.75) is 44.9 Å². The second kappa shape index (κ2) is 5.24. The smallest absolute Gasteiger partial charge is 0.0614 e. The van der Waals surface area contributed by atoms with Gasteiger partial charge in [0.15, 0.2) is 0 Å². The van der Waals surface area contributed by atoms with E-state index in [2.05, 4.69) is 4.90 Å². The molecule has 2 N–H and O–H groups in total. The summed E-state index contributed by atoms with van der Waals surface area (Å²) in [4.78, 5) is 2.42. The Labute approximate surface area is 120 Å². The van der Waals surface area contributed by atoms with Gasteiger partial charge in [-0.1, -0.05) is 30.9 Å². The third-order valence-electron chi connectivity index (χ3n) is 5.07. The van der Waals surface area contributed by atoms with Crippen molar-refractivity contribution in [1.82, 2.24) is 0 Å². The highest BCUT2D eigenvalue weighted by Crippen LogP contribution is 2.45. The number of hydrogen-bond donors (Lipinski definition) is 1. The Morgan fingerprint density at radius 3 is 2.37 bits per heavy atom. The lowest BCUT2D eigenvalue weighted by molar-refractivity contribution is 0.144. The van der Waals surface area contributed by atoms with Crippen LogP contribution in [0.1, 0.15) is 44.9 Å². The van der Waals surface area contributed by atoms with Crippen molar-refractivity contribution in [1.29, 1.82) is 0 Å². The van der Waals surface area contributed by atoms with Gasteiger partial charge < -0.3 is 10.6 Å². The molecule has 3 heteroatoms. The monoisotopic (exact) mass is 278 g/mol. The van der Waals surface area contributed by atoms with Gasteiger partial charge in [0, 0.05) is 18.1 Å². The molecule has 0 atom stereocenters. The summed E-state index contributed by atoms with van der Waals surface area (Å²) >= 11 is 6.10. The molecular formula is C16H23ClN2. The summed E-state index contributed by atoms with van der Waals surface area (Å²) < 4.78 is 0. The zero-order valence-electron chi connectivity index (χ0n) is 11.5. The van der Waals surface area contributed by atoms with Gasteiger partial charge in [0.25, 0.3) is 0 Å². The van der Waals surface area contributed by atoms with Gasteiger partial charge in [0.2, 0.25) is 0 Å². The Bertz CT molecular complexity index is 442. The van der Waals surface area contributed by atoms with Crippen LogP contribution in [0.4, 0.5) is 11.4 Å². The number of nitrogen functional groups attached to an aromatic ring is 1. The van der Waals surface area contributed by atoms with Crippen LogP contribution < -0.4 is 10.6 Å². The first-order chi connectivity index (χ1) is 9.19. The van der Waals surface area contributed by atoms with Gasteiger partial charge >= 0.3 is 0 Å². The maximum atomic E-state index is 6.10. The van der Waals surface area contributed by atoms with Gasteiger partial charge in [0.05, 0.1) is 11.4 Å². The molecule has 1 heterocycles. The topological polar surface area (TPSA) is 29.3 Å². The van der Waals surface area contributed by atoms with Crippen LogP contribution in [0.5, 0.6) is 0 Å². The fourth-order valence-electron chi connectivity index (χ4n) is 3.81. The summed E-state index contributed by atoms with van der Waals surface area (Å²) in [6.07, 6.45) is 9.81. The third kappa shape index (κ3) is 2.69. The number of rotatable bonds is 1. The maximum absolute atomic E-state index is 6.10. The number of halogens is 1. The number of anilines is 2. The molecule has 19 heavy (non-hydrogen) atoms. The molecule has 0 bridgehead atoms. The molecule has 1 aromatic rings. The van der Waals surface area contributed by atoms with E-state index in [1.54, 1.807) is 0 Å². The summed E-state index contributed by atoms with van der Waals surface area (Å²) in [6, 6.07) is 5.80. The molecule has 0 unspecified atom stereocenters. The molecule has 1 aromatic carbocycles. The molecule has 2 aliphatic rings. The number of nitrogens with zero attached hydrogens (tertiary/aromatic N) is 1. The van der Waals surface area contributed by atoms with Gasteiger partial charge in [0.1, 0.15) is 0 Å². The summed E-state index contributed by atoms with van der Waals surface area (Å²) in [6.45, 7) is 2.26. The molecule has 1 aliphatic heterocycles. The number of hydrogen-bond acceptors (Lipinski definition) is 2. The van der Waals surface area contributed by atoms with Crippen LogP contribution in [0, 0.1) is 5.41 Å². The Kier molecular flexibility index (Phi) is 3.62. The van der Waals surface area contributed by atoms with Crippen molar-refractivity contribution in [3.63, 3.8) is 0 Å². The van der Waals surface area contributed by atoms with Crippen LogP contribution in [0.25, 0.3) is 0 Å². The minimum Gasteiger partial charge on any atom is -0.397 e. The van der Waals surface area contributed by atoms with Crippen LogP contribution in [-0.4, -0.2) is 13.1 Å². The van der Waals surface area contributed by atoms with Crippen molar-refractivity contribution < 1.29 is 0 Å². The van der Waals surface area contributed by atoms with E-state index < -0.39 is 0 Å². The van der Waals surface area contributed by atoms with Crippen LogP contribution in [-0.2, 0) is 0 Å². The standard InChI is InChI=1S/C16H23ClN2/c17-13-4-5-14(18)15(12-13)19-10-8-16(9-11-19)6-2-1-3-7-16/h4-5,12H,1-3,6-11,18H2. The van der Waals surface area contributed by atoms with Gasteiger partial charge in [-0.25, -0.2) is 0 Å². The molecule has 1 aliphatic carbocycles. The lowest BCUT2D eigenvalue weighted by Crippen LogP contribution is -2.41. The van der Waals surface area contributed by atoms with Crippen molar-refractivity contribution in [3.8, 4) is 0 Å². The largest absolute Gasteiger partial charge is 0.397 e. The molecule has 104 valence electrons. The molecule has 1 saturated heterocycles. The van der Waals surface area contributed by atoms with Crippen molar-refractivity contribution in [3.05, 3.63) is 23.2 Å². The Morgan fingerprint density at radius 1 is 1.00 bits per heavy atom. The third-order valence-corrected chi connectivity index (χ3v) is 5.31. The normalized spacial score (nSPS) is 22.7. The zero-order valence-corrected chi connectivity index (χ0v) is 12.3. The Morgan fingerprint density at radius 2 is 1.68 bits per heavy atom. The average molecular weight is 279 g/mol. The highest BCUT2D eigenvalue weighted by atomic mass is 35.5. The average Bonchev–Trinajstić information content (AvgIpc) is 2.44. The van der Waals surface area contributed by atoms with Crippen molar-refractivity contribution in [2.75, 3.05) is 23.7 Å². The Balaban J connectivity index is 1.71. The summed E-state index contributed by atoms with van der Waals surface area (Å²) in [7, 11) is 0. The molecule has 1 spiro atoms. The number of benzene rings is 1. The molecule has 2 fully saturated rings. The van der Waals surface area contributed by atoms with E-state index in [9.17, 15) is 0 Å². The number of piperidine rings is 1. The van der Waals surface area contributed by atoms with Crippen LogP contribution in [0.2, 0.25) is 5.02 Å². The van der Waals surface area contributed by atoms with Gasteiger partial charge in [-0.3, -0.25) is 0 Å². The van der Waals surface area contributed by atoms with E-state index in [1.807, 2.05) is 18.2 Å². The van der Waals surface area contributed by atoms with Crippen molar-refractivity contribution in [2.24, 2.45) is 5.41 Å². The second-order valence-electron chi connectivity index (χ2n) is 6.25. The molecule has 3 rings (SSSR count). The fraction of sp³-hybridized carbons (Fsp3) is 0.625. The van der Waals surface area contributed by atoms with Crippen molar-refractivity contribution >= 4 is 23.0 Å². The minimum absolute atomic E-state index is 0.641. The first-order valence-corrected chi connectivity index (χ1v) is 7.86. The highest BCUT2D eigenvalue weighted by molar-refractivity contribution is 6.31. The summed E-state index contributed by atoms with van der Waals surface area (Å²) in [5, 5.41) is 0.780. The van der Waals surface area contributed by atoms with E-state index in [1.165, 1.54) is 44.9 Å². The highest BCUT2D eigenvalue weighted by Gasteiger charge is 2.35. The fourth-order valence-corrected chi connectivity index (χ4v) is 3.98. The Hall–Kier alpha value is -0.890. The SMILES string of the molecule is Nc1ccc(Cl)cc1N1CCC2(CCCCC2)CC1.